The Morgan fingerprint density at radius 1 is 1.16 bits per heavy atom. The van der Waals surface area contributed by atoms with Gasteiger partial charge in [0.2, 0.25) is 11.5 Å². The first-order valence-electron chi connectivity index (χ1n) is 7.28. The van der Waals surface area contributed by atoms with Crippen molar-refractivity contribution in [3.63, 3.8) is 0 Å². The highest BCUT2D eigenvalue weighted by molar-refractivity contribution is 6.31. The van der Waals surface area contributed by atoms with Gasteiger partial charge >= 0.3 is 0 Å². The zero-order chi connectivity index (χ0) is 18.0. The predicted molar refractivity (Wildman–Crippen MR) is 91.0 cm³/mol. The summed E-state index contributed by atoms with van der Waals surface area (Å²) in [7, 11) is 0. The van der Waals surface area contributed by atoms with Gasteiger partial charge in [-0.05, 0) is 42.5 Å². The summed E-state index contributed by atoms with van der Waals surface area (Å²) in [5.41, 5.74) is 0.710. The van der Waals surface area contributed by atoms with Gasteiger partial charge in [-0.25, -0.2) is 9.38 Å². The number of benzene rings is 2. The Kier molecular flexibility index (Phi) is 4.63. The fourth-order valence-corrected chi connectivity index (χ4v) is 2.42. The van der Waals surface area contributed by atoms with E-state index in [1.807, 2.05) is 0 Å². The van der Waals surface area contributed by atoms with Crippen molar-refractivity contribution in [3.05, 3.63) is 70.5 Å². The summed E-state index contributed by atoms with van der Waals surface area (Å²) in [6.45, 7) is 1.22. The van der Waals surface area contributed by atoms with Gasteiger partial charge in [-0.3, -0.25) is 14.9 Å². The van der Waals surface area contributed by atoms with Gasteiger partial charge in [0.05, 0.1) is 5.69 Å². The number of carbonyl (C=O) groups excluding carboxylic acids is 2. The molecule has 0 bridgehead atoms. The molecule has 2 aromatic carbocycles. The number of fused-ring (bicyclic) bond motifs is 1. The van der Waals surface area contributed by atoms with Crippen molar-refractivity contribution in [1.82, 2.24) is 5.32 Å². The largest absolute Gasteiger partial charge is 0.438 e. The zero-order valence-electron chi connectivity index (χ0n) is 13.0. The topological polar surface area (TPSA) is 71.7 Å². The SMILES string of the molecule is CC(=O)NC(=O)c1cc2cc(Cl)ccc2oc1=Nc1cccc(F)c1. The first-order chi connectivity index (χ1) is 11.9. The van der Waals surface area contributed by atoms with Gasteiger partial charge in [-0.1, -0.05) is 17.7 Å². The fraction of sp³-hybridized carbons (Fsp3) is 0.0556. The molecule has 0 fully saturated rings. The van der Waals surface area contributed by atoms with Crippen LogP contribution < -0.4 is 10.9 Å². The molecule has 2 amide bonds. The average Bonchev–Trinajstić information content (AvgIpc) is 2.54. The molecule has 0 radical (unpaired) electrons. The van der Waals surface area contributed by atoms with E-state index in [1.54, 1.807) is 24.3 Å². The minimum atomic E-state index is -0.673. The highest BCUT2D eigenvalue weighted by Crippen LogP contribution is 2.20. The number of nitrogens with one attached hydrogen (secondary N) is 1. The molecular weight excluding hydrogens is 347 g/mol. The fourth-order valence-electron chi connectivity index (χ4n) is 2.24. The molecule has 3 rings (SSSR count). The monoisotopic (exact) mass is 358 g/mol. The highest BCUT2D eigenvalue weighted by atomic mass is 35.5. The van der Waals surface area contributed by atoms with Crippen LogP contribution in [0.25, 0.3) is 11.0 Å². The Hall–Kier alpha value is -2.99. The van der Waals surface area contributed by atoms with Gasteiger partial charge in [-0.15, -0.1) is 0 Å². The molecule has 0 spiro atoms. The quantitative estimate of drug-likeness (QED) is 0.758. The lowest BCUT2D eigenvalue weighted by Gasteiger charge is -2.05. The highest BCUT2D eigenvalue weighted by Gasteiger charge is 2.14. The van der Waals surface area contributed by atoms with E-state index in [9.17, 15) is 14.0 Å². The minimum Gasteiger partial charge on any atom is -0.438 e. The first kappa shape index (κ1) is 16.9. The molecular formula is C18H12ClFN2O3. The van der Waals surface area contributed by atoms with E-state index >= 15 is 0 Å². The van der Waals surface area contributed by atoms with Crippen LogP contribution in [-0.2, 0) is 4.79 Å². The second-order valence-electron chi connectivity index (χ2n) is 5.25. The van der Waals surface area contributed by atoms with Crippen LogP contribution in [0.4, 0.5) is 10.1 Å². The van der Waals surface area contributed by atoms with E-state index in [0.717, 1.165) is 0 Å². The number of rotatable bonds is 2. The Morgan fingerprint density at radius 3 is 2.68 bits per heavy atom. The molecule has 0 aliphatic rings. The van der Waals surface area contributed by atoms with Crippen LogP contribution >= 0.6 is 11.6 Å². The predicted octanol–water partition coefficient (Wildman–Crippen LogP) is 3.73. The normalized spacial score (nSPS) is 11.6. The second kappa shape index (κ2) is 6.86. The van der Waals surface area contributed by atoms with Crippen LogP contribution in [0.15, 0.2) is 57.9 Å². The summed E-state index contributed by atoms with van der Waals surface area (Å²) in [6.07, 6.45) is 0. The Balaban J connectivity index is 2.25. The van der Waals surface area contributed by atoms with E-state index in [-0.39, 0.29) is 16.8 Å². The van der Waals surface area contributed by atoms with Crippen molar-refractivity contribution in [2.45, 2.75) is 6.92 Å². The van der Waals surface area contributed by atoms with Gasteiger partial charge in [-0.2, -0.15) is 0 Å². The maximum atomic E-state index is 13.4. The molecule has 25 heavy (non-hydrogen) atoms. The maximum Gasteiger partial charge on any atom is 0.263 e. The number of amides is 2. The lowest BCUT2D eigenvalue weighted by molar-refractivity contribution is -0.118. The molecule has 0 saturated carbocycles. The van der Waals surface area contributed by atoms with E-state index in [0.29, 0.717) is 16.0 Å². The first-order valence-corrected chi connectivity index (χ1v) is 7.66. The van der Waals surface area contributed by atoms with Crippen LogP contribution in [-0.4, -0.2) is 11.8 Å². The lowest BCUT2D eigenvalue weighted by Crippen LogP contribution is -2.32. The summed E-state index contributed by atoms with van der Waals surface area (Å²) < 4.78 is 19.0. The number of imide groups is 1. The molecule has 7 heteroatoms. The number of halogens is 2. The van der Waals surface area contributed by atoms with Crippen molar-refractivity contribution in [2.24, 2.45) is 4.99 Å². The molecule has 5 nitrogen and oxygen atoms in total. The molecule has 1 heterocycles. The van der Waals surface area contributed by atoms with Gasteiger partial charge in [0.15, 0.2) is 0 Å². The average molecular weight is 359 g/mol. The minimum absolute atomic E-state index is 0.0363. The molecule has 3 aromatic rings. The number of nitrogens with zero attached hydrogens (tertiary/aromatic N) is 1. The zero-order valence-corrected chi connectivity index (χ0v) is 13.8. The summed E-state index contributed by atoms with van der Waals surface area (Å²) in [4.78, 5) is 27.7. The van der Waals surface area contributed by atoms with Gasteiger partial charge in [0, 0.05) is 17.3 Å². The van der Waals surface area contributed by atoms with Crippen molar-refractivity contribution >= 4 is 40.1 Å². The van der Waals surface area contributed by atoms with Gasteiger partial charge in [0.25, 0.3) is 5.91 Å². The van der Waals surface area contributed by atoms with Crippen molar-refractivity contribution < 1.29 is 18.4 Å². The van der Waals surface area contributed by atoms with Gasteiger partial charge in [0.1, 0.15) is 17.0 Å². The summed E-state index contributed by atoms with van der Waals surface area (Å²) >= 11 is 5.96. The Morgan fingerprint density at radius 2 is 1.96 bits per heavy atom. The third-order valence-electron chi connectivity index (χ3n) is 3.28. The molecule has 0 unspecified atom stereocenters. The Bertz CT molecular complexity index is 1060. The maximum absolute atomic E-state index is 13.4. The molecule has 0 aliphatic heterocycles. The van der Waals surface area contributed by atoms with Crippen molar-refractivity contribution in [1.29, 1.82) is 0 Å². The molecule has 126 valence electrons. The van der Waals surface area contributed by atoms with Crippen LogP contribution in [0.3, 0.4) is 0 Å². The van der Waals surface area contributed by atoms with E-state index < -0.39 is 17.6 Å². The second-order valence-corrected chi connectivity index (χ2v) is 5.69. The van der Waals surface area contributed by atoms with E-state index in [1.165, 1.54) is 31.2 Å². The van der Waals surface area contributed by atoms with Crippen LogP contribution in [0.1, 0.15) is 17.3 Å². The molecule has 0 atom stereocenters. The van der Waals surface area contributed by atoms with E-state index in [4.69, 9.17) is 16.0 Å². The number of carbonyl (C=O) groups is 2. The standard InChI is InChI=1S/C18H12ClFN2O3/c1-10(23)21-17(24)15-8-11-7-12(19)5-6-16(11)25-18(15)22-14-4-2-3-13(20)9-14/h2-9H,1H3,(H,21,23,24). The van der Waals surface area contributed by atoms with E-state index in [2.05, 4.69) is 10.3 Å². The third kappa shape index (κ3) is 3.92. The van der Waals surface area contributed by atoms with Crippen LogP contribution in [0, 0.1) is 5.82 Å². The third-order valence-corrected chi connectivity index (χ3v) is 3.52. The lowest BCUT2D eigenvalue weighted by atomic mass is 10.1. The smallest absolute Gasteiger partial charge is 0.263 e. The molecule has 1 N–H and O–H groups in total. The van der Waals surface area contributed by atoms with Crippen LogP contribution in [0.5, 0.6) is 0 Å². The van der Waals surface area contributed by atoms with Crippen molar-refractivity contribution in [2.75, 3.05) is 0 Å². The molecule has 1 aromatic heterocycles. The number of hydrogen-bond acceptors (Lipinski definition) is 4. The van der Waals surface area contributed by atoms with Gasteiger partial charge < -0.3 is 4.42 Å². The summed E-state index contributed by atoms with van der Waals surface area (Å²) in [5.74, 6) is -1.66. The molecule has 0 aliphatic carbocycles. The van der Waals surface area contributed by atoms with Crippen molar-refractivity contribution in [3.8, 4) is 0 Å². The summed E-state index contributed by atoms with van der Waals surface area (Å²) in [6, 6.07) is 11.9. The Labute approximate surface area is 146 Å². The van der Waals surface area contributed by atoms with Crippen LogP contribution in [0.2, 0.25) is 5.02 Å². The number of hydrogen-bond donors (Lipinski definition) is 1. The summed E-state index contributed by atoms with van der Waals surface area (Å²) in [5, 5.41) is 3.21. The molecule has 0 saturated heterocycles.